The molecule has 2 aromatic heterocycles. The number of benzene rings is 2. The van der Waals surface area contributed by atoms with Gasteiger partial charge in [0.25, 0.3) is 0 Å². The fourth-order valence-electron chi connectivity index (χ4n) is 3.79. The molecule has 0 atom stereocenters. The van der Waals surface area contributed by atoms with Gasteiger partial charge >= 0.3 is 12.2 Å². The monoisotopic (exact) mass is 487 g/mol. The maximum absolute atomic E-state index is 13.0. The Balaban J connectivity index is 1.39. The van der Waals surface area contributed by atoms with Crippen LogP contribution in [0.5, 0.6) is 11.6 Å². The van der Waals surface area contributed by atoms with Crippen molar-refractivity contribution in [1.82, 2.24) is 19.9 Å². The van der Waals surface area contributed by atoms with E-state index in [9.17, 15) is 18.0 Å². The number of anilines is 1. The first kappa shape index (κ1) is 22.2. The zero-order valence-electron chi connectivity index (χ0n) is 17.5. The minimum absolute atomic E-state index is 0.00289. The second kappa shape index (κ2) is 8.62. The first-order valence-electron chi connectivity index (χ1n) is 10.3. The maximum atomic E-state index is 13.0. The average Bonchev–Trinajstić information content (AvgIpc) is 3.23. The summed E-state index contributed by atoms with van der Waals surface area (Å²) < 4.78 is 46.4. The van der Waals surface area contributed by atoms with E-state index < -0.39 is 17.8 Å². The van der Waals surface area contributed by atoms with Crippen molar-refractivity contribution in [1.29, 1.82) is 0 Å². The van der Waals surface area contributed by atoms with E-state index in [1.807, 2.05) is 0 Å². The molecule has 0 saturated carbocycles. The summed E-state index contributed by atoms with van der Waals surface area (Å²) in [5.41, 5.74) is 1.35. The third-order valence-electron chi connectivity index (χ3n) is 5.47. The van der Waals surface area contributed by atoms with Crippen LogP contribution < -0.4 is 15.4 Å². The number of rotatable bonds is 3. The predicted octanol–water partition coefficient (Wildman–Crippen LogP) is 5.62. The van der Waals surface area contributed by atoms with Gasteiger partial charge in [0, 0.05) is 23.7 Å². The van der Waals surface area contributed by atoms with E-state index in [1.54, 1.807) is 24.3 Å². The Morgan fingerprint density at radius 1 is 1.15 bits per heavy atom. The van der Waals surface area contributed by atoms with Gasteiger partial charge in [0.05, 0.1) is 27.5 Å². The van der Waals surface area contributed by atoms with E-state index in [0.717, 1.165) is 42.4 Å². The standard InChI is InChI=1S/C23H17ClF3N5O2/c24-17-3-1-14(23(25,26)27)10-18(17)31-22(33)32-8-6-13-9-15(2-4-20(13)32)34-21-16-5-7-28-11-19(16)29-12-30-21/h1-4,6,8-10,12,28H,5,7,11H2,(H,31,33). The Bertz CT molecular complexity index is 1400. The van der Waals surface area contributed by atoms with Gasteiger partial charge in [0.15, 0.2) is 0 Å². The van der Waals surface area contributed by atoms with Crippen molar-refractivity contribution in [3.8, 4) is 11.6 Å². The summed E-state index contributed by atoms with van der Waals surface area (Å²) in [7, 11) is 0. The molecule has 1 aliphatic heterocycles. The molecule has 0 bridgehead atoms. The summed E-state index contributed by atoms with van der Waals surface area (Å²) in [5.74, 6) is 1.02. The summed E-state index contributed by atoms with van der Waals surface area (Å²) in [4.78, 5) is 21.3. The molecule has 0 saturated heterocycles. The zero-order chi connectivity index (χ0) is 23.9. The third kappa shape index (κ3) is 4.29. The molecule has 2 aromatic carbocycles. The summed E-state index contributed by atoms with van der Waals surface area (Å²) >= 11 is 6.00. The number of nitrogens with one attached hydrogen (secondary N) is 2. The van der Waals surface area contributed by atoms with Crippen LogP contribution in [0.15, 0.2) is 55.0 Å². The lowest BCUT2D eigenvalue weighted by Gasteiger charge is -2.18. The van der Waals surface area contributed by atoms with Gasteiger partial charge in [0.1, 0.15) is 12.1 Å². The van der Waals surface area contributed by atoms with Gasteiger partial charge in [-0.2, -0.15) is 13.2 Å². The largest absolute Gasteiger partial charge is 0.439 e. The second-order valence-corrected chi connectivity index (χ2v) is 8.07. The Morgan fingerprint density at radius 3 is 2.82 bits per heavy atom. The number of aromatic nitrogens is 3. The van der Waals surface area contributed by atoms with Gasteiger partial charge in [-0.15, -0.1) is 0 Å². The number of nitrogens with zero attached hydrogens (tertiary/aromatic N) is 3. The predicted molar refractivity (Wildman–Crippen MR) is 120 cm³/mol. The summed E-state index contributed by atoms with van der Waals surface area (Å²) in [6.07, 6.45) is -0.828. The lowest BCUT2D eigenvalue weighted by Crippen LogP contribution is -2.25. The van der Waals surface area contributed by atoms with Gasteiger partial charge in [-0.1, -0.05) is 11.6 Å². The summed E-state index contributed by atoms with van der Waals surface area (Å²) in [5, 5.41) is 6.39. The molecule has 0 radical (unpaired) electrons. The molecule has 4 aromatic rings. The van der Waals surface area contributed by atoms with Crippen molar-refractivity contribution in [2.75, 3.05) is 11.9 Å². The van der Waals surface area contributed by atoms with Crippen molar-refractivity contribution in [2.24, 2.45) is 0 Å². The molecule has 11 heteroatoms. The Morgan fingerprint density at radius 2 is 2.00 bits per heavy atom. The SMILES string of the molecule is O=C(Nc1cc(C(F)(F)F)ccc1Cl)n1ccc2cc(Oc3ncnc4c3CCNC4)ccc21. The number of alkyl halides is 3. The highest BCUT2D eigenvalue weighted by Crippen LogP contribution is 2.34. The molecular formula is C23H17ClF3N5O2. The number of halogens is 4. The number of ether oxygens (including phenoxy) is 1. The number of hydrogen-bond donors (Lipinski definition) is 2. The molecule has 174 valence electrons. The minimum atomic E-state index is -4.56. The van der Waals surface area contributed by atoms with Crippen molar-refractivity contribution in [2.45, 2.75) is 19.1 Å². The van der Waals surface area contributed by atoms with Crippen LogP contribution in [-0.2, 0) is 19.1 Å². The molecule has 1 amide bonds. The zero-order valence-corrected chi connectivity index (χ0v) is 18.2. The molecule has 34 heavy (non-hydrogen) atoms. The van der Waals surface area contributed by atoms with E-state index in [1.165, 1.54) is 17.1 Å². The fraction of sp³-hybridized carbons (Fsp3) is 0.174. The number of carbonyl (C=O) groups excluding carboxylic acids is 1. The topological polar surface area (TPSA) is 81.1 Å². The van der Waals surface area contributed by atoms with E-state index in [0.29, 0.717) is 29.1 Å². The van der Waals surface area contributed by atoms with Gasteiger partial charge in [-0.05, 0) is 55.4 Å². The molecule has 0 unspecified atom stereocenters. The molecule has 0 spiro atoms. The molecule has 0 aliphatic carbocycles. The van der Waals surface area contributed by atoms with E-state index in [2.05, 4.69) is 20.6 Å². The molecule has 3 heterocycles. The van der Waals surface area contributed by atoms with E-state index in [4.69, 9.17) is 16.3 Å². The van der Waals surface area contributed by atoms with Gasteiger partial charge < -0.3 is 15.4 Å². The van der Waals surface area contributed by atoms with Crippen molar-refractivity contribution in [3.05, 3.63) is 76.8 Å². The molecule has 5 rings (SSSR count). The highest BCUT2D eigenvalue weighted by molar-refractivity contribution is 6.33. The first-order valence-corrected chi connectivity index (χ1v) is 10.7. The maximum Gasteiger partial charge on any atom is 0.416 e. The Labute approximate surface area is 196 Å². The van der Waals surface area contributed by atoms with Crippen LogP contribution in [0.25, 0.3) is 10.9 Å². The van der Waals surface area contributed by atoms with Gasteiger partial charge in [-0.25, -0.2) is 14.8 Å². The number of carbonyl (C=O) groups is 1. The highest BCUT2D eigenvalue weighted by atomic mass is 35.5. The lowest BCUT2D eigenvalue weighted by molar-refractivity contribution is -0.137. The normalized spacial score (nSPS) is 13.5. The first-order chi connectivity index (χ1) is 16.3. The molecule has 7 nitrogen and oxygen atoms in total. The smallest absolute Gasteiger partial charge is 0.416 e. The van der Waals surface area contributed by atoms with Crippen LogP contribution in [0.3, 0.4) is 0 Å². The quantitative estimate of drug-likeness (QED) is 0.392. The molecule has 1 aliphatic rings. The fourth-order valence-corrected chi connectivity index (χ4v) is 3.95. The van der Waals surface area contributed by atoms with Gasteiger partial charge in [0.2, 0.25) is 5.88 Å². The Hall–Kier alpha value is -3.63. The van der Waals surface area contributed by atoms with Crippen LogP contribution in [0, 0.1) is 0 Å². The molecule has 0 fully saturated rings. The van der Waals surface area contributed by atoms with Crippen molar-refractivity contribution >= 4 is 34.2 Å². The van der Waals surface area contributed by atoms with Crippen LogP contribution in [-0.4, -0.2) is 27.1 Å². The minimum Gasteiger partial charge on any atom is -0.439 e. The summed E-state index contributed by atoms with van der Waals surface area (Å²) in [6.45, 7) is 1.46. The Kier molecular flexibility index (Phi) is 5.62. The highest BCUT2D eigenvalue weighted by Gasteiger charge is 2.31. The average molecular weight is 488 g/mol. The number of amides is 1. The number of fused-ring (bicyclic) bond motifs is 2. The van der Waals surface area contributed by atoms with Crippen LogP contribution in [0.4, 0.5) is 23.7 Å². The van der Waals surface area contributed by atoms with E-state index >= 15 is 0 Å². The van der Waals surface area contributed by atoms with Crippen LogP contribution in [0.2, 0.25) is 5.02 Å². The summed E-state index contributed by atoms with van der Waals surface area (Å²) in [6, 6.07) is 8.94. The van der Waals surface area contributed by atoms with Gasteiger partial charge in [-0.3, -0.25) is 4.57 Å². The van der Waals surface area contributed by atoms with Crippen LogP contribution >= 0.6 is 11.6 Å². The van der Waals surface area contributed by atoms with E-state index in [-0.39, 0.29) is 10.7 Å². The third-order valence-corrected chi connectivity index (χ3v) is 5.80. The second-order valence-electron chi connectivity index (χ2n) is 7.66. The van der Waals surface area contributed by atoms with Crippen molar-refractivity contribution in [3.63, 3.8) is 0 Å². The van der Waals surface area contributed by atoms with Crippen LogP contribution in [0.1, 0.15) is 16.8 Å². The molecular weight excluding hydrogens is 471 g/mol. The molecule has 2 N–H and O–H groups in total. The van der Waals surface area contributed by atoms with Crippen molar-refractivity contribution < 1.29 is 22.7 Å². The lowest BCUT2D eigenvalue weighted by atomic mass is 10.1. The number of hydrogen-bond acceptors (Lipinski definition) is 5.